The Labute approximate surface area is 153 Å². The maximum atomic E-state index is 11.7. The molecule has 1 heterocycles. The number of hydrogen-bond acceptors (Lipinski definition) is 6. The van der Waals surface area contributed by atoms with Crippen LogP contribution in [-0.2, 0) is 6.61 Å². The summed E-state index contributed by atoms with van der Waals surface area (Å²) in [6.07, 6.45) is 0. The van der Waals surface area contributed by atoms with Gasteiger partial charge in [0.25, 0.3) is 5.56 Å². The van der Waals surface area contributed by atoms with Gasteiger partial charge in [-0.05, 0) is 29.8 Å². The molecule has 0 aliphatic rings. The molecule has 0 bridgehead atoms. The van der Waals surface area contributed by atoms with Gasteiger partial charge in [0, 0.05) is 5.56 Å². The molecule has 0 spiro atoms. The number of carbonyl (C=O) groups is 1. The van der Waals surface area contributed by atoms with Gasteiger partial charge in [0.15, 0.2) is 5.69 Å². The minimum Gasteiger partial charge on any atom is -0.501 e. The third-order valence-electron chi connectivity index (χ3n) is 3.74. The molecule has 0 saturated heterocycles. The molecule has 138 valence electrons. The summed E-state index contributed by atoms with van der Waals surface area (Å²) in [6, 6.07) is 14.1. The SMILES string of the molecule is COc1cccc(COc2cccc(-c3nc(C(=O)O)c(O)c(=O)[nH]3)c2)c1. The highest BCUT2D eigenvalue weighted by molar-refractivity contribution is 5.88. The summed E-state index contributed by atoms with van der Waals surface area (Å²) in [5.41, 5.74) is -0.293. The van der Waals surface area contributed by atoms with Crippen molar-refractivity contribution in [3.63, 3.8) is 0 Å². The predicted octanol–water partition coefficient (Wildman–Crippen LogP) is 2.43. The Balaban J connectivity index is 1.85. The number of ether oxygens (including phenoxy) is 2. The van der Waals surface area contributed by atoms with Crippen molar-refractivity contribution in [2.75, 3.05) is 7.11 Å². The number of carboxylic acids is 1. The molecule has 0 radical (unpaired) electrons. The van der Waals surface area contributed by atoms with Crippen LogP contribution in [0.2, 0.25) is 0 Å². The fourth-order valence-corrected chi connectivity index (χ4v) is 2.41. The van der Waals surface area contributed by atoms with Crippen molar-refractivity contribution < 1.29 is 24.5 Å². The number of aromatic nitrogens is 2. The fraction of sp³-hybridized carbons (Fsp3) is 0.105. The molecule has 27 heavy (non-hydrogen) atoms. The summed E-state index contributed by atoms with van der Waals surface area (Å²) in [7, 11) is 1.58. The Kier molecular flexibility index (Phi) is 5.07. The summed E-state index contributed by atoms with van der Waals surface area (Å²) in [6.45, 7) is 0.292. The fourth-order valence-electron chi connectivity index (χ4n) is 2.41. The summed E-state index contributed by atoms with van der Waals surface area (Å²) in [5, 5.41) is 18.6. The van der Waals surface area contributed by atoms with Crippen molar-refractivity contribution in [1.29, 1.82) is 0 Å². The number of rotatable bonds is 6. The van der Waals surface area contributed by atoms with Crippen LogP contribution < -0.4 is 15.0 Å². The van der Waals surface area contributed by atoms with Crippen molar-refractivity contribution in [3.8, 4) is 28.6 Å². The minimum absolute atomic E-state index is 0.0158. The van der Waals surface area contributed by atoms with E-state index in [1.807, 2.05) is 24.3 Å². The van der Waals surface area contributed by atoms with Gasteiger partial charge < -0.3 is 24.7 Å². The molecule has 3 rings (SSSR count). The van der Waals surface area contributed by atoms with E-state index in [1.165, 1.54) is 0 Å². The quantitative estimate of drug-likeness (QED) is 0.611. The third-order valence-corrected chi connectivity index (χ3v) is 3.74. The molecule has 0 aliphatic heterocycles. The normalized spacial score (nSPS) is 10.4. The zero-order valence-corrected chi connectivity index (χ0v) is 14.3. The molecule has 3 aromatic rings. The molecule has 1 aromatic heterocycles. The molecule has 0 unspecified atom stereocenters. The topological polar surface area (TPSA) is 122 Å². The number of hydrogen-bond donors (Lipinski definition) is 3. The van der Waals surface area contributed by atoms with Crippen LogP contribution in [0.5, 0.6) is 17.2 Å². The lowest BCUT2D eigenvalue weighted by Gasteiger charge is -2.09. The van der Waals surface area contributed by atoms with Crippen LogP contribution in [0.25, 0.3) is 11.4 Å². The standard InChI is InChI=1S/C19H16N2O6/c1-26-13-6-2-4-11(8-13)10-27-14-7-3-5-12(9-14)17-20-15(19(24)25)16(22)18(23)21-17/h2-9,22H,10H2,1H3,(H,24,25)(H,20,21,23). The monoisotopic (exact) mass is 368 g/mol. The number of aromatic amines is 1. The number of nitrogens with zero attached hydrogens (tertiary/aromatic N) is 1. The van der Waals surface area contributed by atoms with Crippen LogP contribution in [0.3, 0.4) is 0 Å². The highest BCUT2D eigenvalue weighted by Crippen LogP contribution is 2.23. The Bertz CT molecular complexity index is 1040. The number of methoxy groups -OCH3 is 1. The van der Waals surface area contributed by atoms with Crippen molar-refractivity contribution >= 4 is 5.97 Å². The Morgan fingerprint density at radius 2 is 1.89 bits per heavy atom. The van der Waals surface area contributed by atoms with E-state index >= 15 is 0 Å². The Morgan fingerprint density at radius 1 is 1.15 bits per heavy atom. The zero-order valence-electron chi connectivity index (χ0n) is 14.3. The van der Waals surface area contributed by atoms with Gasteiger partial charge in [-0.2, -0.15) is 0 Å². The first-order chi connectivity index (χ1) is 13.0. The predicted molar refractivity (Wildman–Crippen MR) is 96.2 cm³/mol. The smallest absolute Gasteiger partial charge is 0.358 e. The van der Waals surface area contributed by atoms with E-state index in [2.05, 4.69) is 9.97 Å². The summed E-state index contributed by atoms with van der Waals surface area (Å²) in [5.74, 6) is -1.19. The number of H-pyrrole nitrogens is 1. The molecular weight excluding hydrogens is 352 g/mol. The molecular formula is C19H16N2O6. The second-order valence-electron chi connectivity index (χ2n) is 5.58. The van der Waals surface area contributed by atoms with Crippen LogP contribution in [0.15, 0.2) is 53.3 Å². The van der Waals surface area contributed by atoms with E-state index in [4.69, 9.17) is 14.6 Å². The first kappa shape index (κ1) is 18.0. The average molecular weight is 368 g/mol. The number of nitrogens with one attached hydrogen (secondary N) is 1. The van der Waals surface area contributed by atoms with Gasteiger partial charge in [0.1, 0.15) is 23.9 Å². The number of aromatic carboxylic acids is 1. The van der Waals surface area contributed by atoms with Crippen LogP contribution >= 0.6 is 0 Å². The van der Waals surface area contributed by atoms with Crippen molar-refractivity contribution in [3.05, 3.63) is 70.1 Å². The van der Waals surface area contributed by atoms with Crippen LogP contribution in [0.4, 0.5) is 0 Å². The van der Waals surface area contributed by atoms with E-state index in [9.17, 15) is 14.7 Å². The average Bonchev–Trinajstić information content (AvgIpc) is 2.68. The van der Waals surface area contributed by atoms with E-state index in [1.54, 1.807) is 31.4 Å². The van der Waals surface area contributed by atoms with Gasteiger partial charge in [-0.25, -0.2) is 9.78 Å². The molecule has 2 aromatic carbocycles. The van der Waals surface area contributed by atoms with Crippen molar-refractivity contribution in [2.24, 2.45) is 0 Å². The third kappa shape index (κ3) is 4.06. The molecule has 3 N–H and O–H groups in total. The second kappa shape index (κ2) is 7.61. The van der Waals surface area contributed by atoms with Crippen molar-refractivity contribution in [2.45, 2.75) is 6.61 Å². The van der Waals surface area contributed by atoms with E-state index in [0.717, 1.165) is 11.3 Å². The van der Waals surface area contributed by atoms with Gasteiger partial charge in [0.05, 0.1) is 7.11 Å². The number of carboxylic acid groups (broad SMARTS) is 1. The largest absolute Gasteiger partial charge is 0.501 e. The van der Waals surface area contributed by atoms with Gasteiger partial charge in [-0.3, -0.25) is 4.79 Å². The molecule has 8 heteroatoms. The van der Waals surface area contributed by atoms with E-state index in [-0.39, 0.29) is 5.82 Å². The van der Waals surface area contributed by atoms with Gasteiger partial charge in [-0.1, -0.05) is 24.3 Å². The molecule has 0 atom stereocenters. The second-order valence-corrected chi connectivity index (χ2v) is 5.58. The molecule has 0 saturated carbocycles. The van der Waals surface area contributed by atoms with Crippen LogP contribution in [0.1, 0.15) is 16.1 Å². The summed E-state index contributed by atoms with van der Waals surface area (Å²) in [4.78, 5) is 29.0. The Hall–Kier alpha value is -3.81. The van der Waals surface area contributed by atoms with Crippen LogP contribution in [0, 0.1) is 0 Å². The van der Waals surface area contributed by atoms with Crippen molar-refractivity contribution in [1.82, 2.24) is 9.97 Å². The lowest BCUT2D eigenvalue weighted by atomic mass is 10.2. The molecule has 0 aliphatic carbocycles. The van der Waals surface area contributed by atoms with E-state index in [0.29, 0.717) is 17.9 Å². The van der Waals surface area contributed by atoms with Gasteiger partial charge >= 0.3 is 5.97 Å². The van der Waals surface area contributed by atoms with Gasteiger partial charge in [0.2, 0.25) is 5.75 Å². The van der Waals surface area contributed by atoms with E-state index < -0.39 is 23.0 Å². The zero-order chi connectivity index (χ0) is 19.4. The first-order valence-electron chi connectivity index (χ1n) is 7.90. The highest BCUT2D eigenvalue weighted by atomic mass is 16.5. The van der Waals surface area contributed by atoms with Crippen LogP contribution in [-0.4, -0.2) is 33.3 Å². The molecule has 0 amide bonds. The maximum absolute atomic E-state index is 11.7. The summed E-state index contributed by atoms with van der Waals surface area (Å²) < 4.78 is 10.9. The molecule has 8 nitrogen and oxygen atoms in total. The number of aromatic hydroxyl groups is 1. The lowest BCUT2D eigenvalue weighted by molar-refractivity contribution is 0.0686. The summed E-state index contributed by atoms with van der Waals surface area (Å²) >= 11 is 0. The maximum Gasteiger partial charge on any atom is 0.358 e. The first-order valence-corrected chi connectivity index (χ1v) is 7.90. The lowest BCUT2D eigenvalue weighted by Crippen LogP contribution is -2.15. The van der Waals surface area contributed by atoms with Gasteiger partial charge in [-0.15, -0.1) is 0 Å². The Morgan fingerprint density at radius 3 is 2.63 bits per heavy atom. The number of benzene rings is 2. The highest BCUT2D eigenvalue weighted by Gasteiger charge is 2.17. The minimum atomic E-state index is -1.50. The molecule has 0 fully saturated rings.